The molecule has 0 aliphatic heterocycles. The number of benzene rings is 1. The van der Waals surface area contributed by atoms with Crippen molar-refractivity contribution in [3.63, 3.8) is 0 Å². The van der Waals surface area contributed by atoms with Crippen molar-refractivity contribution >= 4 is 35.8 Å². The molecule has 148 valence electrons. The van der Waals surface area contributed by atoms with Crippen LogP contribution in [0.25, 0.3) is 0 Å². The van der Waals surface area contributed by atoms with Crippen molar-refractivity contribution in [1.82, 2.24) is 21.1 Å². The molecule has 0 fully saturated rings. The molecular weight excluding hydrogens is 457 g/mol. The van der Waals surface area contributed by atoms with Crippen LogP contribution in [-0.4, -0.2) is 36.7 Å². The molecular formula is C19H28IN5O2. The van der Waals surface area contributed by atoms with Crippen LogP contribution in [-0.2, 0) is 6.54 Å². The van der Waals surface area contributed by atoms with E-state index in [9.17, 15) is 4.79 Å². The number of rotatable bonds is 8. The summed E-state index contributed by atoms with van der Waals surface area (Å²) in [5.41, 5.74) is 1.58. The van der Waals surface area contributed by atoms with Gasteiger partial charge in [-0.2, -0.15) is 0 Å². The maximum atomic E-state index is 12.0. The maximum Gasteiger partial charge on any atom is 0.251 e. The molecule has 0 bridgehead atoms. The molecule has 0 saturated heterocycles. The first-order valence-electron chi connectivity index (χ1n) is 8.91. The summed E-state index contributed by atoms with van der Waals surface area (Å²) in [6, 6.07) is 11.1. The largest absolute Gasteiger partial charge is 0.359 e. The molecule has 2 aromatic rings. The van der Waals surface area contributed by atoms with E-state index in [0.717, 1.165) is 18.0 Å². The van der Waals surface area contributed by atoms with Gasteiger partial charge in [-0.15, -0.1) is 24.0 Å². The number of hydrogen-bond acceptors (Lipinski definition) is 4. The number of carbonyl (C=O) groups is 1. The van der Waals surface area contributed by atoms with Crippen LogP contribution in [0.2, 0.25) is 0 Å². The van der Waals surface area contributed by atoms with Gasteiger partial charge in [0.15, 0.2) is 11.7 Å². The zero-order chi connectivity index (χ0) is 18.8. The number of guanidine groups is 1. The third-order valence-electron chi connectivity index (χ3n) is 3.64. The molecule has 0 aliphatic carbocycles. The van der Waals surface area contributed by atoms with E-state index in [0.29, 0.717) is 37.1 Å². The summed E-state index contributed by atoms with van der Waals surface area (Å²) in [4.78, 5) is 16.5. The van der Waals surface area contributed by atoms with E-state index in [2.05, 4.69) is 39.9 Å². The second-order valence-electron chi connectivity index (χ2n) is 6.12. The van der Waals surface area contributed by atoms with Crippen molar-refractivity contribution in [1.29, 1.82) is 0 Å². The molecule has 0 radical (unpaired) electrons. The Bertz CT molecular complexity index is 716. The third-order valence-corrected chi connectivity index (χ3v) is 3.64. The van der Waals surface area contributed by atoms with Crippen LogP contribution in [0.3, 0.4) is 0 Å². The van der Waals surface area contributed by atoms with Gasteiger partial charge in [0.1, 0.15) is 6.54 Å². The fourth-order valence-corrected chi connectivity index (χ4v) is 2.22. The van der Waals surface area contributed by atoms with Crippen molar-refractivity contribution in [3.8, 4) is 0 Å². The molecule has 1 amide bonds. The zero-order valence-corrected chi connectivity index (χ0v) is 18.3. The lowest BCUT2D eigenvalue weighted by atomic mass is 10.1. The van der Waals surface area contributed by atoms with Crippen LogP contribution in [0, 0.1) is 0 Å². The van der Waals surface area contributed by atoms with Gasteiger partial charge in [-0.3, -0.25) is 4.79 Å². The predicted molar refractivity (Wildman–Crippen MR) is 118 cm³/mol. The number of amides is 1. The summed E-state index contributed by atoms with van der Waals surface area (Å²) in [5, 5.41) is 13.3. The van der Waals surface area contributed by atoms with E-state index in [-0.39, 0.29) is 29.9 Å². The Morgan fingerprint density at radius 3 is 2.48 bits per heavy atom. The van der Waals surface area contributed by atoms with Gasteiger partial charge in [0.05, 0.1) is 5.69 Å². The van der Waals surface area contributed by atoms with Crippen molar-refractivity contribution in [3.05, 3.63) is 53.4 Å². The molecule has 27 heavy (non-hydrogen) atoms. The topological polar surface area (TPSA) is 91.6 Å². The van der Waals surface area contributed by atoms with Crippen molar-refractivity contribution < 1.29 is 9.32 Å². The number of hydrogen-bond donors (Lipinski definition) is 3. The van der Waals surface area contributed by atoms with Gasteiger partial charge in [-0.05, 0) is 25.0 Å². The number of nitrogens with one attached hydrogen (secondary N) is 3. The van der Waals surface area contributed by atoms with Gasteiger partial charge in [0, 0.05) is 31.3 Å². The predicted octanol–water partition coefficient (Wildman–Crippen LogP) is 2.90. The summed E-state index contributed by atoms with van der Waals surface area (Å²) < 4.78 is 5.29. The normalized spacial score (nSPS) is 11.0. The Balaban J connectivity index is 0.00000364. The highest BCUT2D eigenvalue weighted by Crippen LogP contribution is 2.14. The van der Waals surface area contributed by atoms with Crippen LogP contribution in [0.5, 0.6) is 0 Å². The molecule has 0 spiro atoms. The summed E-state index contributed by atoms with van der Waals surface area (Å²) in [7, 11) is 0. The van der Waals surface area contributed by atoms with Gasteiger partial charge in [-0.25, -0.2) is 4.99 Å². The average Bonchev–Trinajstić information content (AvgIpc) is 3.13. The highest BCUT2D eigenvalue weighted by atomic mass is 127. The van der Waals surface area contributed by atoms with Gasteiger partial charge in [-0.1, -0.05) is 37.2 Å². The first kappa shape index (κ1) is 22.9. The van der Waals surface area contributed by atoms with E-state index >= 15 is 0 Å². The monoisotopic (exact) mass is 485 g/mol. The van der Waals surface area contributed by atoms with Crippen LogP contribution in [0.4, 0.5) is 0 Å². The second-order valence-corrected chi connectivity index (χ2v) is 6.12. The fourth-order valence-electron chi connectivity index (χ4n) is 2.22. The molecule has 2 rings (SSSR count). The number of aromatic nitrogens is 1. The fraction of sp³-hybridized carbons (Fsp3) is 0.421. The smallest absolute Gasteiger partial charge is 0.251 e. The molecule has 7 nitrogen and oxygen atoms in total. The van der Waals surface area contributed by atoms with Gasteiger partial charge >= 0.3 is 0 Å². The van der Waals surface area contributed by atoms with Crippen LogP contribution in [0.15, 0.2) is 45.9 Å². The summed E-state index contributed by atoms with van der Waals surface area (Å²) in [6.07, 6.45) is 0. The highest BCUT2D eigenvalue weighted by Gasteiger charge is 2.08. The molecule has 1 aromatic carbocycles. The third kappa shape index (κ3) is 7.98. The second kappa shape index (κ2) is 12.3. The van der Waals surface area contributed by atoms with Gasteiger partial charge in [0.25, 0.3) is 5.91 Å². The quantitative estimate of drug-likeness (QED) is 0.232. The lowest BCUT2D eigenvalue weighted by Gasteiger charge is -2.11. The van der Waals surface area contributed by atoms with Crippen LogP contribution < -0.4 is 16.0 Å². The van der Waals surface area contributed by atoms with E-state index in [4.69, 9.17) is 4.52 Å². The Kier molecular flexibility index (Phi) is 10.5. The zero-order valence-electron chi connectivity index (χ0n) is 16.0. The Morgan fingerprint density at radius 2 is 1.85 bits per heavy atom. The standard InChI is InChI=1S/C19H27N5O2.HI/c1-4-20-19(23-13-16-12-17(14(2)3)24-26-16)22-11-10-21-18(25)15-8-6-5-7-9-15;/h5-9,12,14H,4,10-11,13H2,1-3H3,(H,21,25)(H2,20,22,23);1H. The van der Waals surface area contributed by atoms with E-state index in [1.54, 1.807) is 12.1 Å². The molecule has 1 aromatic heterocycles. The minimum Gasteiger partial charge on any atom is -0.359 e. The Hall–Kier alpha value is -2.10. The van der Waals surface area contributed by atoms with Crippen molar-refractivity contribution in [2.24, 2.45) is 4.99 Å². The molecule has 0 saturated carbocycles. The van der Waals surface area contributed by atoms with Gasteiger partial charge < -0.3 is 20.5 Å². The summed E-state index contributed by atoms with van der Waals surface area (Å²) in [5.74, 6) is 1.64. The number of nitrogens with zero attached hydrogens (tertiary/aromatic N) is 2. The van der Waals surface area contributed by atoms with E-state index < -0.39 is 0 Å². The summed E-state index contributed by atoms with van der Waals surface area (Å²) >= 11 is 0. The van der Waals surface area contributed by atoms with Crippen molar-refractivity contribution in [2.75, 3.05) is 19.6 Å². The first-order valence-corrected chi connectivity index (χ1v) is 8.91. The molecule has 1 heterocycles. The van der Waals surface area contributed by atoms with Crippen LogP contribution in [0.1, 0.15) is 48.5 Å². The highest BCUT2D eigenvalue weighted by molar-refractivity contribution is 14.0. The minimum absolute atomic E-state index is 0. The summed E-state index contributed by atoms with van der Waals surface area (Å²) in [6.45, 7) is 8.36. The SMILES string of the molecule is CCNC(=NCc1cc(C(C)C)no1)NCCNC(=O)c1ccccc1.I. The van der Waals surface area contributed by atoms with Crippen molar-refractivity contribution in [2.45, 2.75) is 33.2 Å². The Labute approximate surface area is 177 Å². The van der Waals surface area contributed by atoms with Gasteiger partial charge in [0.2, 0.25) is 0 Å². The number of halogens is 1. The van der Waals surface area contributed by atoms with E-state index in [1.807, 2.05) is 31.2 Å². The molecule has 8 heteroatoms. The average molecular weight is 485 g/mol. The lowest BCUT2D eigenvalue weighted by Crippen LogP contribution is -2.41. The first-order chi connectivity index (χ1) is 12.6. The van der Waals surface area contributed by atoms with E-state index in [1.165, 1.54) is 0 Å². The molecule has 0 atom stereocenters. The Morgan fingerprint density at radius 1 is 1.15 bits per heavy atom. The van der Waals surface area contributed by atoms with Crippen LogP contribution >= 0.6 is 24.0 Å². The maximum absolute atomic E-state index is 12.0. The lowest BCUT2D eigenvalue weighted by molar-refractivity contribution is 0.0954. The molecule has 0 aliphatic rings. The molecule has 3 N–H and O–H groups in total. The minimum atomic E-state index is -0.0859. The number of aliphatic imine (C=N–C) groups is 1. The molecule has 0 unspecified atom stereocenters. The number of carbonyl (C=O) groups excluding carboxylic acids is 1.